The molecule has 0 spiro atoms. The zero-order valence-corrected chi connectivity index (χ0v) is 10.7. The lowest BCUT2D eigenvalue weighted by atomic mass is 9.98. The Balaban J connectivity index is 1.73. The Bertz CT molecular complexity index is 457. The number of aryl methyl sites for hydroxylation is 1. The Kier molecular flexibility index (Phi) is 2.82. The molecule has 1 aromatic rings. The first kappa shape index (κ1) is 11.7. The summed E-state index contributed by atoms with van der Waals surface area (Å²) in [4.78, 5) is 18.5. The van der Waals surface area contributed by atoms with E-state index < -0.39 is 0 Å². The molecule has 0 radical (unpaired) electrons. The van der Waals surface area contributed by atoms with Crippen molar-refractivity contribution in [3.8, 4) is 0 Å². The summed E-state index contributed by atoms with van der Waals surface area (Å²) in [7, 11) is 0. The second-order valence-corrected chi connectivity index (χ2v) is 5.56. The van der Waals surface area contributed by atoms with Gasteiger partial charge in [0, 0.05) is 31.0 Å². The first-order valence-corrected chi connectivity index (χ1v) is 6.62. The minimum atomic E-state index is 0.101. The maximum atomic E-state index is 12.3. The first-order chi connectivity index (χ1) is 8.65. The maximum Gasteiger partial charge on any atom is 0.255 e. The molecule has 1 saturated carbocycles. The van der Waals surface area contributed by atoms with Gasteiger partial charge in [0.15, 0.2) is 0 Å². The monoisotopic (exact) mass is 245 g/mol. The number of hydrogen-bond donors (Lipinski definition) is 1. The molecule has 1 aliphatic heterocycles. The van der Waals surface area contributed by atoms with Crippen molar-refractivity contribution in [1.29, 1.82) is 0 Å². The fourth-order valence-electron chi connectivity index (χ4n) is 3.25. The predicted molar refractivity (Wildman–Crippen MR) is 69.1 cm³/mol. The van der Waals surface area contributed by atoms with Gasteiger partial charge >= 0.3 is 0 Å². The van der Waals surface area contributed by atoms with E-state index in [2.05, 4.69) is 4.98 Å². The van der Waals surface area contributed by atoms with Gasteiger partial charge in [-0.3, -0.25) is 9.78 Å². The Labute approximate surface area is 107 Å². The molecule has 2 aliphatic rings. The minimum absolute atomic E-state index is 0.101. The molecule has 1 saturated heterocycles. The molecule has 2 fully saturated rings. The molecule has 0 bridgehead atoms. The van der Waals surface area contributed by atoms with Crippen LogP contribution in [0.1, 0.15) is 28.9 Å². The number of aromatic nitrogens is 1. The zero-order chi connectivity index (χ0) is 12.7. The SMILES string of the molecule is Cc1ccc(C(=O)N2C[C@@H]3CC[C@H](N)[C@H]3C2)cn1. The van der Waals surface area contributed by atoms with Crippen molar-refractivity contribution < 1.29 is 4.79 Å². The summed E-state index contributed by atoms with van der Waals surface area (Å²) in [6.07, 6.45) is 3.96. The summed E-state index contributed by atoms with van der Waals surface area (Å²) >= 11 is 0. The van der Waals surface area contributed by atoms with E-state index in [1.165, 1.54) is 6.42 Å². The summed E-state index contributed by atoms with van der Waals surface area (Å²) < 4.78 is 0. The topological polar surface area (TPSA) is 59.2 Å². The van der Waals surface area contributed by atoms with E-state index in [4.69, 9.17) is 5.73 Å². The number of carbonyl (C=O) groups is 1. The van der Waals surface area contributed by atoms with Crippen molar-refractivity contribution in [3.63, 3.8) is 0 Å². The predicted octanol–water partition coefficient (Wildman–Crippen LogP) is 1.20. The fraction of sp³-hybridized carbons (Fsp3) is 0.571. The molecule has 0 unspecified atom stereocenters. The Morgan fingerprint density at radius 3 is 2.89 bits per heavy atom. The Hall–Kier alpha value is -1.42. The summed E-state index contributed by atoms with van der Waals surface area (Å²) in [6, 6.07) is 4.03. The van der Waals surface area contributed by atoms with E-state index in [0.29, 0.717) is 17.4 Å². The largest absolute Gasteiger partial charge is 0.338 e. The summed E-state index contributed by atoms with van der Waals surface area (Å²) in [5, 5.41) is 0. The lowest BCUT2D eigenvalue weighted by molar-refractivity contribution is 0.0779. The van der Waals surface area contributed by atoms with Crippen LogP contribution in [0.5, 0.6) is 0 Å². The van der Waals surface area contributed by atoms with Gasteiger partial charge in [-0.05, 0) is 43.7 Å². The van der Waals surface area contributed by atoms with E-state index in [1.807, 2.05) is 24.0 Å². The highest BCUT2D eigenvalue weighted by atomic mass is 16.2. The van der Waals surface area contributed by atoms with Crippen LogP contribution in [0.2, 0.25) is 0 Å². The number of nitrogens with zero attached hydrogens (tertiary/aromatic N) is 2. The lowest BCUT2D eigenvalue weighted by Crippen LogP contribution is -2.33. The Morgan fingerprint density at radius 2 is 2.22 bits per heavy atom. The van der Waals surface area contributed by atoms with Gasteiger partial charge in [0.2, 0.25) is 0 Å². The smallest absolute Gasteiger partial charge is 0.255 e. The highest BCUT2D eigenvalue weighted by Gasteiger charge is 2.42. The molecule has 1 amide bonds. The number of hydrogen-bond acceptors (Lipinski definition) is 3. The van der Waals surface area contributed by atoms with E-state index in [-0.39, 0.29) is 11.9 Å². The second-order valence-electron chi connectivity index (χ2n) is 5.56. The molecule has 3 rings (SSSR count). The van der Waals surface area contributed by atoms with Gasteiger partial charge in [-0.25, -0.2) is 0 Å². The van der Waals surface area contributed by atoms with Crippen molar-refractivity contribution in [2.45, 2.75) is 25.8 Å². The van der Waals surface area contributed by atoms with Crippen LogP contribution < -0.4 is 5.73 Å². The van der Waals surface area contributed by atoms with Crippen molar-refractivity contribution in [1.82, 2.24) is 9.88 Å². The third kappa shape index (κ3) is 1.90. The van der Waals surface area contributed by atoms with Gasteiger partial charge in [-0.2, -0.15) is 0 Å². The van der Waals surface area contributed by atoms with E-state index in [0.717, 1.165) is 25.2 Å². The number of amides is 1. The highest BCUT2D eigenvalue weighted by molar-refractivity contribution is 5.94. The van der Waals surface area contributed by atoms with Crippen LogP contribution in [0.3, 0.4) is 0 Å². The van der Waals surface area contributed by atoms with E-state index in [9.17, 15) is 4.79 Å². The van der Waals surface area contributed by atoms with Crippen LogP contribution in [0.15, 0.2) is 18.3 Å². The standard InChI is InChI=1S/C14H19N3O/c1-9-2-3-10(6-16-9)14(18)17-7-11-4-5-13(15)12(11)8-17/h2-3,6,11-13H,4-5,7-8,15H2,1H3/t11-,12-,13-/m0/s1. The van der Waals surface area contributed by atoms with Crippen molar-refractivity contribution in [2.75, 3.05) is 13.1 Å². The molecule has 4 nitrogen and oxygen atoms in total. The second kappa shape index (κ2) is 4.35. The summed E-state index contributed by atoms with van der Waals surface area (Å²) in [6.45, 7) is 3.61. The van der Waals surface area contributed by atoms with Crippen LogP contribution in [-0.4, -0.2) is 34.9 Å². The number of likely N-dealkylation sites (tertiary alicyclic amines) is 1. The highest BCUT2D eigenvalue weighted by Crippen LogP contribution is 2.37. The molecule has 1 aliphatic carbocycles. The van der Waals surface area contributed by atoms with Crippen molar-refractivity contribution in [3.05, 3.63) is 29.6 Å². The van der Waals surface area contributed by atoms with E-state index in [1.54, 1.807) is 6.20 Å². The number of rotatable bonds is 1. The van der Waals surface area contributed by atoms with Crippen LogP contribution in [0.4, 0.5) is 0 Å². The van der Waals surface area contributed by atoms with Gasteiger partial charge in [0.05, 0.1) is 5.56 Å². The fourth-order valence-corrected chi connectivity index (χ4v) is 3.25. The maximum absolute atomic E-state index is 12.3. The van der Waals surface area contributed by atoms with Crippen LogP contribution in [0.25, 0.3) is 0 Å². The molecule has 0 aromatic carbocycles. The molecule has 2 heterocycles. The molecule has 1 aromatic heterocycles. The number of pyridine rings is 1. The lowest BCUT2D eigenvalue weighted by Gasteiger charge is -2.18. The molecular formula is C14H19N3O. The molecule has 18 heavy (non-hydrogen) atoms. The quantitative estimate of drug-likeness (QED) is 0.808. The normalized spacial score (nSPS) is 30.6. The number of nitrogens with two attached hydrogens (primary N) is 1. The Morgan fingerprint density at radius 1 is 1.39 bits per heavy atom. The van der Waals surface area contributed by atoms with Gasteiger partial charge in [0.25, 0.3) is 5.91 Å². The summed E-state index contributed by atoms with van der Waals surface area (Å²) in [5.74, 6) is 1.22. The van der Waals surface area contributed by atoms with Gasteiger partial charge in [-0.15, -0.1) is 0 Å². The first-order valence-electron chi connectivity index (χ1n) is 6.62. The average Bonchev–Trinajstić information content (AvgIpc) is 2.92. The van der Waals surface area contributed by atoms with Crippen LogP contribution in [0, 0.1) is 18.8 Å². The minimum Gasteiger partial charge on any atom is -0.338 e. The zero-order valence-electron chi connectivity index (χ0n) is 10.7. The third-order valence-corrected chi connectivity index (χ3v) is 4.36. The molecule has 2 N–H and O–H groups in total. The van der Waals surface area contributed by atoms with Crippen molar-refractivity contribution in [2.24, 2.45) is 17.6 Å². The van der Waals surface area contributed by atoms with Crippen LogP contribution in [-0.2, 0) is 0 Å². The van der Waals surface area contributed by atoms with Gasteiger partial charge in [-0.1, -0.05) is 0 Å². The van der Waals surface area contributed by atoms with Gasteiger partial charge in [0.1, 0.15) is 0 Å². The van der Waals surface area contributed by atoms with Crippen LogP contribution >= 0.6 is 0 Å². The number of carbonyl (C=O) groups excluding carboxylic acids is 1. The van der Waals surface area contributed by atoms with Crippen molar-refractivity contribution >= 4 is 5.91 Å². The molecule has 3 atom stereocenters. The number of fused-ring (bicyclic) bond motifs is 1. The van der Waals surface area contributed by atoms with Gasteiger partial charge < -0.3 is 10.6 Å². The third-order valence-electron chi connectivity index (χ3n) is 4.36. The summed E-state index contributed by atoms with van der Waals surface area (Å²) in [5.41, 5.74) is 7.72. The molecular weight excluding hydrogens is 226 g/mol. The average molecular weight is 245 g/mol. The molecule has 96 valence electrons. The molecule has 4 heteroatoms. The van der Waals surface area contributed by atoms with E-state index >= 15 is 0 Å².